The van der Waals surface area contributed by atoms with E-state index in [-0.39, 0.29) is 12.5 Å². The molecule has 0 saturated carbocycles. The molecule has 1 aliphatic heterocycles. The summed E-state index contributed by atoms with van der Waals surface area (Å²) < 4.78 is 46.8. The molecule has 1 rings (SSSR count). The molecule has 5 nitrogen and oxygen atoms in total. The second-order valence-electron chi connectivity index (χ2n) is 5.21. The third-order valence-electron chi connectivity index (χ3n) is 3.26. The first-order valence-corrected chi connectivity index (χ1v) is 7.72. The zero-order valence-electron chi connectivity index (χ0n) is 13.0. The summed E-state index contributed by atoms with van der Waals surface area (Å²) >= 11 is 0. The standard InChI is InChI=1S/C14H26F3N3O2/c1-18-13(19-7-3-2-6-14(15,16)17)20-8-4-9-22-12-5-10-21-11-12/h12H,2-11H2,1H3,(H2,18,19,20). The van der Waals surface area contributed by atoms with Crippen LogP contribution in [0, 0.1) is 0 Å². The zero-order valence-corrected chi connectivity index (χ0v) is 13.0. The van der Waals surface area contributed by atoms with Crippen molar-refractivity contribution in [3.8, 4) is 0 Å². The van der Waals surface area contributed by atoms with E-state index in [1.54, 1.807) is 7.05 Å². The van der Waals surface area contributed by atoms with E-state index < -0.39 is 12.6 Å². The van der Waals surface area contributed by atoms with Gasteiger partial charge in [0.2, 0.25) is 0 Å². The number of rotatable bonds is 9. The van der Waals surface area contributed by atoms with Crippen LogP contribution in [0.3, 0.4) is 0 Å². The number of guanidine groups is 1. The van der Waals surface area contributed by atoms with E-state index >= 15 is 0 Å². The second kappa shape index (κ2) is 10.7. The first-order chi connectivity index (χ1) is 10.5. The molecular weight excluding hydrogens is 299 g/mol. The van der Waals surface area contributed by atoms with Gasteiger partial charge in [0.05, 0.1) is 12.7 Å². The van der Waals surface area contributed by atoms with Crippen LogP contribution in [0.15, 0.2) is 4.99 Å². The van der Waals surface area contributed by atoms with Crippen LogP contribution in [0.25, 0.3) is 0 Å². The molecule has 0 aromatic rings. The van der Waals surface area contributed by atoms with Crippen LogP contribution in [0.4, 0.5) is 13.2 Å². The molecule has 8 heteroatoms. The molecule has 22 heavy (non-hydrogen) atoms. The smallest absolute Gasteiger partial charge is 0.379 e. The lowest BCUT2D eigenvalue weighted by Crippen LogP contribution is -2.38. The normalized spacial score (nSPS) is 19.5. The van der Waals surface area contributed by atoms with E-state index in [1.165, 1.54) is 0 Å². The van der Waals surface area contributed by atoms with Gasteiger partial charge >= 0.3 is 6.18 Å². The van der Waals surface area contributed by atoms with Crippen molar-refractivity contribution >= 4 is 5.96 Å². The number of hydrogen-bond acceptors (Lipinski definition) is 3. The summed E-state index contributed by atoms with van der Waals surface area (Å²) in [5, 5.41) is 6.11. The maximum absolute atomic E-state index is 12.0. The number of nitrogens with one attached hydrogen (secondary N) is 2. The summed E-state index contributed by atoms with van der Waals surface area (Å²) in [5.74, 6) is 0.608. The number of aliphatic imine (C=N–C) groups is 1. The molecule has 0 amide bonds. The van der Waals surface area contributed by atoms with Crippen molar-refractivity contribution in [3.63, 3.8) is 0 Å². The topological polar surface area (TPSA) is 54.9 Å². The Morgan fingerprint density at radius 2 is 1.95 bits per heavy atom. The van der Waals surface area contributed by atoms with E-state index in [1.807, 2.05) is 0 Å². The lowest BCUT2D eigenvalue weighted by atomic mass is 10.2. The molecule has 0 radical (unpaired) electrons. The molecule has 1 unspecified atom stereocenters. The second-order valence-corrected chi connectivity index (χ2v) is 5.21. The molecule has 1 atom stereocenters. The SMILES string of the molecule is CN=C(NCCCCC(F)(F)F)NCCCOC1CCOC1. The number of unbranched alkanes of at least 4 members (excludes halogenated alkanes) is 1. The monoisotopic (exact) mass is 325 g/mol. The molecule has 0 aromatic carbocycles. The first kappa shape index (κ1) is 19.0. The molecule has 1 heterocycles. The van der Waals surface area contributed by atoms with Crippen LogP contribution in [0.5, 0.6) is 0 Å². The minimum Gasteiger partial charge on any atom is -0.379 e. The molecule has 1 fully saturated rings. The van der Waals surface area contributed by atoms with E-state index in [9.17, 15) is 13.2 Å². The predicted octanol–water partition coefficient (Wildman–Crippen LogP) is 2.08. The highest BCUT2D eigenvalue weighted by molar-refractivity contribution is 5.79. The fourth-order valence-electron chi connectivity index (χ4n) is 2.05. The van der Waals surface area contributed by atoms with Crippen molar-refractivity contribution < 1.29 is 22.6 Å². The quantitative estimate of drug-likeness (QED) is 0.387. The van der Waals surface area contributed by atoms with Gasteiger partial charge in [-0.3, -0.25) is 4.99 Å². The van der Waals surface area contributed by atoms with Gasteiger partial charge < -0.3 is 20.1 Å². The number of halogens is 3. The Morgan fingerprint density at radius 3 is 2.55 bits per heavy atom. The van der Waals surface area contributed by atoms with Crippen LogP contribution >= 0.6 is 0 Å². The van der Waals surface area contributed by atoms with Crippen molar-refractivity contribution in [2.75, 3.05) is 40.0 Å². The van der Waals surface area contributed by atoms with Gasteiger partial charge in [-0.15, -0.1) is 0 Å². The van der Waals surface area contributed by atoms with Gasteiger partial charge in [0.1, 0.15) is 0 Å². The van der Waals surface area contributed by atoms with Crippen LogP contribution < -0.4 is 10.6 Å². The molecule has 0 aromatic heterocycles. The highest BCUT2D eigenvalue weighted by Crippen LogP contribution is 2.21. The Labute approximate surface area is 129 Å². The van der Waals surface area contributed by atoms with Crippen molar-refractivity contribution in [3.05, 3.63) is 0 Å². The number of hydrogen-bond donors (Lipinski definition) is 2. The Morgan fingerprint density at radius 1 is 1.23 bits per heavy atom. The lowest BCUT2D eigenvalue weighted by Gasteiger charge is -2.13. The molecule has 0 bridgehead atoms. The van der Waals surface area contributed by atoms with Gasteiger partial charge in [0.25, 0.3) is 0 Å². The molecule has 1 saturated heterocycles. The fourth-order valence-corrected chi connectivity index (χ4v) is 2.05. The van der Waals surface area contributed by atoms with Crippen LogP contribution in [0.2, 0.25) is 0 Å². The number of nitrogens with zero attached hydrogens (tertiary/aromatic N) is 1. The van der Waals surface area contributed by atoms with Gasteiger partial charge in [-0.25, -0.2) is 0 Å². The Hall–Kier alpha value is -1.02. The van der Waals surface area contributed by atoms with E-state index in [2.05, 4.69) is 15.6 Å². The third-order valence-corrected chi connectivity index (χ3v) is 3.26. The minimum atomic E-state index is -4.07. The third kappa shape index (κ3) is 9.83. The van der Waals surface area contributed by atoms with Gasteiger partial charge in [0.15, 0.2) is 5.96 Å². The average molecular weight is 325 g/mol. The Bertz CT molecular complexity index is 319. The van der Waals surface area contributed by atoms with Gasteiger partial charge in [-0.1, -0.05) is 0 Å². The largest absolute Gasteiger partial charge is 0.389 e. The highest BCUT2D eigenvalue weighted by atomic mass is 19.4. The minimum absolute atomic E-state index is 0.130. The van der Waals surface area contributed by atoms with E-state index in [0.29, 0.717) is 38.7 Å². The number of alkyl halides is 3. The van der Waals surface area contributed by atoms with Gasteiger partial charge in [0, 0.05) is 39.8 Å². The highest BCUT2D eigenvalue weighted by Gasteiger charge is 2.25. The molecule has 130 valence electrons. The van der Waals surface area contributed by atoms with E-state index in [4.69, 9.17) is 9.47 Å². The van der Waals surface area contributed by atoms with Crippen molar-refractivity contribution in [1.29, 1.82) is 0 Å². The first-order valence-electron chi connectivity index (χ1n) is 7.72. The molecule has 2 N–H and O–H groups in total. The van der Waals surface area contributed by atoms with Crippen LogP contribution in [0.1, 0.15) is 32.1 Å². The number of ether oxygens (including phenoxy) is 2. The summed E-state index contributed by atoms with van der Waals surface area (Å²) in [4.78, 5) is 4.02. The summed E-state index contributed by atoms with van der Waals surface area (Å²) in [6.07, 6.45) is -2.20. The zero-order chi connectivity index (χ0) is 16.3. The summed E-state index contributed by atoms with van der Waals surface area (Å²) in [6.45, 7) is 3.29. The lowest BCUT2D eigenvalue weighted by molar-refractivity contribution is -0.135. The molecular formula is C14H26F3N3O2. The predicted molar refractivity (Wildman–Crippen MR) is 79.1 cm³/mol. The van der Waals surface area contributed by atoms with E-state index in [0.717, 1.165) is 19.4 Å². The van der Waals surface area contributed by atoms with Crippen molar-refractivity contribution in [2.45, 2.75) is 44.4 Å². The Balaban J connectivity index is 1.95. The van der Waals surface area contributed by atoms with Crippen LogP contribution in [-0.4, -0.2) is 58.2 Å². The van der Waals surface area contributed by atoms with Gasteiger partial charge in [-0.2, -0.15) is 13.2 Å². The Kier molecular flexibility index (Phi) is 9.22. The molecule has 0 aliphatic carbocycles. The van der Waals surface area contributed by atoms with Gasteiger partial charge in [-0.05, 0) is 25.7 Å². The summed E-state index contributed by atoms with van der Waals surface area (Å²) in [5.41, 5.74) is 0. The summed E-state index contributed by atoms with van der Waals surface area (Å²) in [7, 11) is 1.64. The maximum Gasteiger partial charge on any atom is 0.389 e. The fraction of sp³-hybridized carbons (Fsp3) is 0.929. The average Bonchev–Trinajstić information content (AvgIpc) is 2.96. The maximum atomic E-state index is 12.0. The summed E-state index contributed by atoms with van der Waals surface area (Å²) in [6, 6.07) is 0. The van der Waals surface area contributed by atoms with Crippen LogP contribution in [-0.2, 0) is 9.47 Å². The van der Waals surface area contributed by atoms with Crippen molar-refractivity contribution in [1.82, 2.24) is 10.6 Å². The molecule has 0 spiro atoms. The van der Waals surface area contributed by atoms with Crippen molar-refractivity contribution in [2.24, 2.45) is 4.99 Å². The molecule has 1 aliphatic rings.